The van der Waals surface area contributed by atoms with E-state index in [1.165, 1.54) is 25.8 Å². The molecule has 0 aliphatic rings. The summed E-state index contributed by atoms with van der Waals surface area (Å²) in [6, 6.07) is 16.0. The Kier molecular flexibility index (Phi) is 5.61. The molecule has 2 aromatic carbocycles. The van der Waals surface area contributed by atoms with Crippen molar-refractivity contribution < 1.29 is 0 Å². The summed E-state index contributed by atoms with van der Waals surface area (Å²) in [5.41, 5.74) is 5.58. The smallest absolute Gasteiger partial charge is 0.0145 e. The number of likely N-dealkylation sites (N-methyl/N-ethyl adjacent to an activating group) is 1. The van der Waals surface area contributed by atoms with Crippen molar-refractivity contribution in [2.75, 3.05) is 7.05 Å². The molecule has 0 saturated heterocycles. The molecular formula is C18H22IN. The van der Waals surface area contributed by atoms with Gasteiger partial charge in [0.25, 0.3) is 0 Å². The minimum absolute atomic E-state index is 0.482. The Morgan fingerprint density at radius 3 is 2.35 bits per heavy atom. The molecule has 1 N–H and O–H groups in total. The van der Waals surface area contributed by atoms with Gasteiger partial charge in [-0.3, -0.25) is 0 Å². The van der Waals surface area contributed by atoms with E-state index in [0.29, 0.717) is 6.04 Å². The van der Waals surface area contributed by atoms with Crippen LogP contribution in [0.2, 0.25) is 0 Å². The van der Waals surface area contributed by atoms with E-state index in [9.17, 15) is 0 Å². The molecule has 2 aromatic rings. The molecule has 2 heteroatoms. The first-order valence-electron chi connectivity index (χ1n) is 7.06. The van der Waals surface area contributed by atoms with Crippen molar-refractivity contribution in [3.05, 3.63) is 68.3 Å². The predicted octanol–water partition coefficient (Wildman–Crippen LogP) is 4.28. The van der Waals surface area contributed by atoms with E-state index in [2.05, 4.69) is 91.3 Å². The first-order chi connectivity index (χ1) is 9.58. The molecule has 0 fully saturated rings. The maximum absolute atomic E-state index is 3.46. The molecule has 0 aliphatic carbocycles. The van der Waals surface area contributed by atoms with Gasteiger partial charge in [0, 0.05) is 9.61 Å². The van der Waals surface area contributed by atoms with Gasteiger partial charge in [0.1, 0.15) is 0 Å². The number of nitrogens with one attached hydrogen (secondary N) is 1. The maximum atomic E-state index is 3.46. The summed E-state index contributed by atoms with van der Waals surface area (Å²) in [5, 5.41) is 3.46. The average Bonchev–Trinajstić information content (AvgIpc) is 2.44. The largest absolute Gasteiger partial charge is 0.316 e. The standard InChI is InChI=1S/C18H22IN/c1-13-4-5-14(2)16(10-13)12-18(20-3)11-15-6-8-17(19)9-7-15/h4-10,18,20H,11-12H2,1-3H3. The van der Waals surface area contributed by atoms with Crippen LogP contribution in [0, 0.1) is 17.4 Å². The molecule has 20 heavy (non-hydrogen) atoms. The average molecular weight is 379 g/mol. The van der Waals surface area contributed by atoms with Crippen molar-refractivity contribution in [1.29, 1.82) is 0 Å². The first-order valence-corrected chi connectivity index (χ1v) is 8.14. The van der Waals surface area contributed by atoms with E-state index < -0.39 is 0 Å². The molecule has 1 atom stereocenters. The molecule has 0 heterocycles. The Morgan fingerprint density at radius 1 is 1.00 bits per heavy atom. The molecule has 0 aromatic heterocycles. The quantitative estimate of drug-likeness (QED) is 0.765. The van der Waals surface area contributed by atoms with Crippen molar-refractivity contribution in [3.8, 4) is 0 Å². The van der Waals surface area contributed by atoms with E-state index >= 15 is 0 Å². The van der Waals surface area contributed by atoms with Crippen LogP contribution in [0.15, 0.2) is 42.5 Å². The molecule has 0 bridgehead atoms. The fourth-order valence-corrected chi connectivity index (χ4v) is 2.83. The molecule has 106 valence electrons. The topological polar surface area (TPSA) is 12.0 Å². The fourth-order valence-electron chi connectivity index (χ4n) is 2.47. The highest BCUT2D eigenvalue weighted by atomic mass is 127. The Labute approximate surface area is 135 Å². The first kappa shape index (κ1) is 15.5. The minimum atomic E-state index is 0.482. The van der Waals surface area contributed by atoms with Crippen LogP contribution in [0.5, 0.6) is 0 Å². The Hall–Kier alpha value is -0.870. The highest BCUT2D eigenvalue weighted by Gasteiger charge is 2.10. The van der Waals surface area contributed by atoms with Crippen LogP contribution >= 0.6 is 22.6 Å². The second kappa shape index (κ2) is 7.23. The number of benzene rings is 2. The summed E-state index contributed by atoms with van der Waals surface area (Å²) >= 11 is 2.35. The Morgan fingerprint density at radius 2 is 1.70 bits per heavy atom. The van der Waals surface area contributed by atoms with E-state index in [4.69, 9.17) is 0 Å². The lowest BCUT2D eigenvalue weighted by molar-refractivity contribution is 0.555. The van der Waals surface area contributed by atoms with Crippen LogP contribution in [-0.4, -0.2) is 13.1 Å². The normalized spacial score (nSPS) is 12.4. The van der Waals surface area contributed by atoms with Gasteiger partial charge in [-0.2, -0.15) is 0 Å². The summed E-state index contributed by atoms with van der Waals surface area (Å²) in [5.74, 6) is 0. The summed E-state index contributed by atoms with van der Waals surface area (Å²) in [7, 11) is 2.06. The van der Waals surface area contributed by atoms with Crippen molar-refractivity contribution in [2.45, 2.75) is 32.7 Å². The van der Waals surface area contributed by atoms with Crippen LogP contribution in [0.1, 0.15) is 22.3 Å². The van der Waals surface area contributed by atoms with Gasteiger partial charge in [0.15, 0.2) is 0 Å². The van der Waals surface area contributed by atoms with Gasteiger partial charge >= 0.3 is 0 Å². The van der Waals surface area contributed by atoms with Gasteiger partial charge < -0.3 is 5.32 Å². The molecule has 1 nitrogen and oxygen atoms in total. The van der Waals surface area contributed by atoms with Crippen molar-refractivity contribution in [2.24, 2.45) is 0 Å². The van der Waals surface area contributed by atoms with Crippen LogP contribution in [0.4, 0.5) is 0 Å². The minimum Gasteiger partial charge on any atom is -0.316 e. The van der Waals surface area contributed by atoms with Crippen molar-refractivity contribution >= 4 is 22.6 Å². The highest BCUT2D eigenvalue weighted by molar-refractivity contribution is 14.1. The second-order valence-corrected chi connectivity index (χ2v) is 6.70. The Balaban J connectivity index is 2.08. The zero-order valence-electron chi connectivity index (χ0n) is 12.4. The molecule has 0 amide bonds. The molecule has 0 saturated carbocycles. The Bertz CT molecular complexity index is 560. The van der Waals surface area contributed by atoms with Crippen LogP contribution < -0.4 is 5.32 Å². The van der Waals surface area contributed by atoms with E-state index in [0.717, 1.165) is 12.8 Å². The van der Waals surface area contributed by atoms with E-state index in [-0.39, 0.29) is 0 Å². The molecule has 0 spiro atoms. The zero-order chi connectivity index (χ0) is 14.5. The third kappa shape index (κ3) is 4.32. The van der Waals surface area contributed by atoms with E-state index in [1.807, 2.05) is 0 Å². The third-order valence-corrected chi connectivity index (χ3v) is 4.49. The summed E-state index contributed by atoms with van der Waals surface area (Å²) in [6.45, 7) is 4.36. The SMILES string of the molecule is CNC(Cc1ccc(I)cc1)Cc1cc(C)ccc1C. The second-order valence-electron chi connectivity index (χ2n) is 5.45. The lowest BCUT2D eigenvalue weighted by Crippen LogP contribution is -2.30. The third-order valence-electron chi connectivity index (χ3n) is 3.77. The van der Waals surface area contributed by atoms with Gasteiger partial charge in [-0.05, 0) is 85.2 Å². The number of hydrogen-bond acceptors (Lipinski definition) is 1. The van der Waals surface area contributed by atoms with E-state index in [1.54, 1.807) is 0 Å². The monoisotopic (exact) mass is 379 g/mol. The summed E-state index contributed by atoms with van der Waals surface area (Å²) in [4.78, 5) is 0. The summed E-state index contributed by atoms with van der Waals surface area (Å²) in [6.07, 6.45) is 2.15. The molecular weight excluding hydrogens is 357 g/mol. The van der Waals surface area contributed by atoms with Gasteiger partial charge in [-0.25, -0.2) is 0 Å². The summed E-state index contributed by atoms with van der Waals surface area (Å²) < 4.78 is 1.29. The van der Waals surface area contributed by atoms with Crippen LogP contribution in [0.25, 0.3) is 0 Å². The molecule has 1 unspecified atom stereocenters. The fraction of sp³-hybridized carbons (Fsp3) is 0.333. The molecule has 0 radical (unpaired) electrons. The van der Waals surface area contributed by atoms with Gasteiger partial charge in [-0.15, -0.1) is 0 Å². The maximum Gasteiger partial charge on any atom is 0.0145 e. The molecule has 2 rings (SSSR count). The van der Waals surface area contributed by atoms with Crippen LogP contribution in [-0.2, 0) is 12.8 Å². The van der Waals surface area contributed by atoms with Gasteiger partial charge in [-0.1, -0.05) is 35.9 Å². The van der Waals surface area contributed by atoms with Gasteiger partial charge in [0.2, 0.25) is 0 Å². The predicted molar refractivity (Wildman–Crippen MR) is 95.3 cm³/mol. The van der Waals surface area contributed by atoms with Crippen molar-refractivity contribution in [3.63, 3.8) is 0 Å². The van der Waals surface area contributed by atoms with Crippen molar-refractivity contribution in [1.82, 2.24) is 5.32 Å². The number of aryl methyl sites for hydroxylation is 2. The lowest BCUT2D eigenvalue weighted by Gasteiger charge is -2.18. The van der Waals surface area contributed by atoms with Gasteiger partial charge in [0.05, 0.1) is 0 Å². The number of rotatable bonds is 5. The number of halogens is 1. The number of hydrogen-bond donors (Lipinski definition) is 1. The lowest BCUT2D eigenvalue weighted by atomic mass is 9.95. The highest BCUT2D eigenvalue weighted by Crippen LogP contribution is 2.15. The van der Waals surface area contributed by atoms with Crippen LogP contribution in [0.3, 0.4) is 0 Å². The zero-order valence-corrected chi connectivity index (χ0v) is 14.6. The molecule has 0 aliphatic heterocycles.